The number of benzene rings is 2. The Hall–Kier alpha value is -3.39. The van der Waals surface area contributed by atoms with Crippen molar-refractivity contribution < 1.29 is 14.3 Å². The number of ether oxygens (including phenoxy) is 2. The number of carbonyl (C=O) groups is 1. The summed E-state index contributed by atoms with van der Waals surface area (Å²) < 4.78 is 10.8. The lowest BCUT2D eigenvalue weighted by molar-refractivity contribution is 0.00883. The first kappa shape index (κ1) is 25.7. The van der Waals surface area contributed by atoms with E-state index in [1.165, 1.54) is 5.01 Å². The predicted molar refractivity (Wildman–Crippen MR) is 142 cm³/mol. The fraction of sp³-hybridized carbons (Fsp3) is 0.464. The largest absolute Gasteiger partial charge is 0.497 e. The number of rotatable bonds is 6. The molecule has 0 saturated heterocycles. The Kier molecular flexibility index (Phi) is 7.64. The number of hydrazine groups is 1. The van der Waals surface area contributed by atoms with Gasteiger partial charge in [0.05, 0.1) is 24.4 Å². The van der Waals surface area contributed by atoms with Gasteiger partial charge in [0.2, 0.25) is 5.95 Å². The van der Waals surface area contributed by atoms with Crippen molar-refractivity contribution >= 4 is 22.9 Å². The Morgan fingerprint density at radius 2 is 1.83 bits per heavy atom. The average molecular weight is 492 g/mol. The molecule has 1 aromatic heterocycles. The van der Waals surface area contributed by atoms with Gasteiger partial charge < -0.3 is 14.8 Å². The molecule has 3 aromatic rings. The van der Waals surface area contributed by atoms with Crippen molar-refractivity contribution in [2.75, 3.05) is 12.4 Å². The van der Waals surface area contributed by atoms with Crippen molar-refractivity contribution in [1.29, 1.82) is 0 Å². The summed E-state index contributed by atoms with van der Waals surface area (Å²) in [6.45, 7) is 8.18. The van der Waals surface area contributed by atoms with Crippen LogP contribution in [0, 0.1) is 6.92 Å². The van der Waals surface area contributed by atoms with Crippen LogP contribution in [0.1, 0.15) is 69.2 Å². The number of nitrogens with zero attached hydrogens (tertiary/aromatic N) is 3. The van der Waals surface area contributed by atoms with Gasteiger partial charge >= 0.3 is 6.09 Å². The van der Waals surface area contributed by atoms with E-state index >= 15 is 0 Å². The molecule has 0 spiro atoms. The number of nitrogens with one attached hydrogen (secondary N) is 1. The monoisotopic (exact) mass is 491 g/mol. The number of hydrogen-bond acceptors (Lipinski definition) is 7. The first-order valence-corrected chi connectivity index (χ1v) is 12.6. The molecule has 8 nitrogen and oxygen atoms in total. The molecule has 3 N–H and O–H groups in total. The van der Waals surface area contributed by atoms with Crippen LogP contribution in [0.25, 0.3) is 10.9 Å². The lowest BCUT2D eigenvalue weighted by Crippen LogP contribution is -2.51. The van der Waals surface area contributed by atoms with Crippen molar-refractivity contribution in [2.24, 2.45) is 5.84 Å². The second-order valence-corrected chi connectivity index (χ2v) is 10.5. The van der Waals surface area contributed by atoms with E-state index in [1.807, 2.05) is 51.1 Å². The van der Waals surface area contributed by atoms with E-state index in [1.54, 1.807) is 7.11 Å². The van der Waals surface area contributed by atoms with Crippen LogP contribution in [0.2, 0.25) is 0 Å². The van der Waals surface area contributed by atoms with E-state index in [9.17, 15) is 4.79 Å². The Labute approximate surface area is 213 Å². The zero-order chi connectivity index (χ0) is 25.9. The topological polar surface area (TPSA) is 103 Å². The third-order valence-corrected chi connectivity index (χ3v) is 6.53. The number of methoxy groups -OCH3 is 1. The fourth-order valence-electron chi connectivity index (χ4n) is 4.77. The van der Waals surface area contributed by atoms with Gasteiger partial charge in [-0.25, -0.2) is 25.6 Å². The van der Waals surface area contributed by atoms with Crippen LogP contribution in [-0.2, 0) is 11.3 Å². The average Bonchev–Trinajstić information content (AvgIpc) is 2.86. The van der Waals surface area contributed by atoms with Gasteiger partial charge in [-0.1, -0.05) is 36.6 Å². The Balaban J connectivity index is 1.66. The van der Waals surface area contributed by atoms with Crippen LogP contribution in [-0.4, -0.2) is 39.8 Å². The molecule has 8 heteroatoms. The van der Waals surface area contributed by atoms with Crippen LogP contribution in [0.3, 0.4) is 0 Å². The molecule has 0 aliphatic heterocycles. The number of anilines is 1. The standard InChI is InChI=1S/C28H37N5O3/c1-18-10-15-23-22(16-18)25(32-26(31-23)30-17-19-11-13-20(35-5)14-12-19)21-8-6-7-9-24(21)33(29)27(34)36-28(2,3)4/h10-16,21,24H,6-9,17,29H2,1-5H3,(H,30,31,32)/t21-,24+/m0/s1. The number of aromatic nitrogens is 2. The van der Waals surface area contributed by atoms with E-state index in [0.717, 1.165) is 59.2 Å². The van der Waals surface area contributed by atoms with Gasteiger partial charge in [0, 0.05) is 17.8 Å². The first-order chi connectivity index (χ1) is 17.1. The zero-order valence-corrected chi connectivity index (χ0v) is 21.9. The molecular weight excluding hydrogens is 454 g/mol. The summed E-state index contributed by atoms with van der Waals surface area (Å²) in [7, 11) is 1.66. The number of fused-ring (bicyclic) bond motifs is 1. The van der Waals surface area contributed by atoms with Gasteiger partial charge in [0.15, 0.2) is 0 Å². The molecule has 0 bridgehead atoms. The van der Waals surface area contributed by atoms with Crippen LogP contribution in [0.4, 0.5) is 10.7 Å². The molecule has 0 unspecified atom stereocenters. The van der Waals surface area contributed by atoms with E-state index < -0.39 is 11.7 Å². The SMILES string of the molecule is COc1ccc(CNc2nc([C@H]3CCCC[C@H]3N(N)C(=O)OC(C)(C)C)c3cc(C)ccc3n2)cc1. The lowest BCUT2D eigenvalue weighted by atomic mass is 9.80. The molecule has 1 aliphatic rings. The van der Waals surface area contributed by atoms with Crippen molar-refractivity contribution in [3.63, 3.8) is 0 Å². The van der Waals surface area contributed by atoms with Crippen LogP contribution < -0.4 is 15.9 Å². The molecule has 1 aliphatic carbocycles. The smallest absolute Gasteiger partial charge is 0.424 e. The molecule has 4 rings (SSSR count). The molecule has 192 valence electrons. The number of amides is 1. The maximum atomic E-state index is 12.8. The van der Waals surface area contributed by atoms with E-state index in [0.29, 0.717) is 12.5 Å². The van der Waals surface area contributed by atoms with Gasteiger partial charge in [-0.15, -0.1) is 0 Å². The molecular formula is C28H37N5O3. The van der Waals surface area contributed by atoms with E-state index in [-0.39, 0.29) is 12.0 Å². The van der Waals surface area contributed by atoms with Crippen molar-refractivity contribution in [3.05, 3.63) is 59.3 Å². The van der Waals surface area contributed by atoms with Crippen LogP contribution in [0.15, 0.2) is 42.5 Å². The summed E-state index contributed by atoms with van der Waals surface area (Å²) in [5, 5.41) is 5.66. The second-order valence-electron chi connectivity index (χ2n) is 10.5. The highest BCUT2D eigenvalue weighted by atomic mass is 16.6. The molecule has 1 saturated carbocycles. The molecule has 1 heterocycles. The lowest BCUT2D eigenvalue weighted by Gasteiger charge is -2.38. The normalized spacial score (nSPS) is 18.1. The Morgan fingerprint density at radius 3 is 2.53 bits per heavy atom. The number of aryl methyl sites for hydroxylation is 1. The van der Waals surface area contributed by atoms with Crippen LogP contribution in [0.5, 0.6) is 5.75 Å². The minimum absolute atomic E-state index is 0.0231. The van der Waals surface area contributed by atoms with E-state index in [2.05, 4.69) is 24.4 Å². The highest BCUT2D eigenvalue weighted by molar-refractivity contribution is 5.83. The van der Waals surface area contributed by atoms with Crippen molar-refractivity contribution in [3.8, 4) is 5.75 Å². The van der Waals surface area contributed by atoms with Gasteiger partial charge in [-0.2, -0.15) is 0 Å². The predicted octanol–water partition coefficient (Wildman–Crippen LogP) is 5.70. The molecule has 1 fully saturated rings. The third-order valence-electron chi connectivity index (χ3n) is 6.53. The van der Waals surface area contributed by atoms with Gasteiger partial charge in [0.25, 0.3) is 0 Å². The summed E-state index contributed by atoms with van der Waals surface area (Å²) in [5.41, 5.74) is 3.41. The molecule has 2 aromatic carbocycles. The minimum atomic E-state index is -0.615. The third kappa shape index (κ3) is 6.05. The fourth-order valence-corrected chi connectivity index (χ4v) is 4.77. The highest BCUT2D eigenvalue weighted by Gasteiger charge is 2.36. The number of hydrogen-bond donors (Lipinski definition) is 2. The summed E-state index contributed by atoms with van der Waals surface area (Å²) >= 11 is 0. The minimum Gasteiger partial charge on any atom is -0.497 e. The van der Waals surface area contributed by atoms with Gasteiger partial charge in [0.1, 0.15) is 11.4 Å². The summed E-state index contributed by atoms with van der Waals surface area (Å²) in [4.78, 5) is 22.6. The quantitative estimate of drug-likeness (QED) is 0.259. The van der Waals surface area contributed by atoms with Crippen molar-refractivity contribution in [1.82, 2.24) is 15.0 Å². The highest BCUT2D eigenvalue weighted by Crippen LogP contribution is 2.38. The zero-order valence-electron chi connectivity index (χ0n) is 21.9. The molecule has 36 heavy (non-hydrogen) atoms. The van der Waals surface area contributed by atoms with Crippen molar-refractivity contribution in [2.45, 2.75) is 77.5 Å². The van der Waals surface area contributed by atoms with Gasteiger partial charge in [-0.05, 0) is 70.4 Å². The summed E-state index contributed by atoms with van der Waals surface area (Å²) in [6, 6.07) is 13.9. The Morgan fingerprint density at radius 1 is 1.11 bits per heavy atom. The van der Waals surface area contributed by atoms with E-state index in [4.69, 9.17) is 25.3 Å². The van der Waals surface area contributed by atoms with Crippen LogP contribution >= 0.6 is 0 Å². The maximum Gasteiger partial charge on any atom is 0.424 e. The number of carbonyl (C=O) groups excluding carboxylic acids is 1. The maximum absolute atomic E-state index is 12.8. The van der Waals surface area contributed by atoms with Gasteiger partial charge in [-0.3, -0.25) is 0 Å². The summed E-state index contributed by atoms with van der Waals surface area (Å²) in [6.07, 6.45) is 3.23. The molecule has 1 amide bonds. The molecule has 0 radical (unpaired) electrons. The summed E-state index contributed by atoms with van der Waals surface area (Å²) in [5.74, 6) is 7.74. The number of nitrogens with two attached hydrogens (primary N) is 1. The Bertz CT molecular complexity index is 1210. The second kappa shape index (κ2) is 10.7. The molecule has 2 atom stereocenters. The first-order valence-electron chi connectivity index (χ1n) is 12.6.